The molecule has 29 heavy (non-hydrogen) atoms. The van der Waals surface area contributed by atoms with E-state index in [2.05, 4.69) is 9.97 Å². The first-order valence-electron chi connectivity index (χ1n) is 9.01. The van der Waals surface area contributed by atoms with Crippen molar-refractivity contribution in [2.45, 2.75) is 19.8 Å². The number of rotatable bonds is 10. The van der Waals surface area contributed by atoms with Crippen LogP contribution in [0, 0.1) is 0 Å². The van der Waals surface area contributed by atoms with Gasteiger partial charge in [-0.15, -0.1) is 0 Å². The highest BCUT2D eigenvalue weighted by atomic mass is 16.5. The van der Waals surface area contributed by atoms with Gasteiger partial charge in [0.05, 0.1) is 33.6 Å². The first-order chi connectivity index (χ1) is 14.0. The van der Waals surface area contributed by atoms with Gasteiger partial charge < -0.3 is 18.9 Å². The summed E-state index contributed by atoms with van der Waals surface area (Å²) in [6.45, 7) is 1.96. The van der Waals surface area contributed by atoms with Crippen molar-refractivity contribution in [1.82, 2.24) is 9.97 Å². The molecule has 0 spiro atoms. The molecule has 0 atom stereocenters. The third-order valence-corrected chi connectivity index (χ3v) is 4.00. The number of aryl methyl sites for hydroxylation is 1. The Morgan fingerprint density at radius 1 is 1.00 bits per heavy atom. The summed E-state index contributed by atoms with van der Waals surface area (Å²) in [5.74, 6) is 0.804. The Balaban J connectivity index is 2.09. The SMILES string of the molecule is CCOC(=O)c1nccnc1CCC(=O)C=Cc1cc(OC)c(OC)c(OC)c1. The fraction of sp³-hybridized carbons (Fsp3) is 0.333. The van der Waals surface area contributed by atoms with Gasteiger partial charge in [0.25, 0.3) is 0 Å². The first kappa shape index (κ1) is 21.9. The summed E-state index contributed by atoms with van der Waals surface area (Å²) in [6.07, 6.45) is 6.47. The summed E-state index contributed by atoms with van der Waals surface area (Å²) in [7, 11) is 4.58. The molecule has 2 aromatic rings. The number of carbonyl (C=O) groups excluding carboxylic acids is 2. The second kappa shape index (κ2) is 10.8. The monoisotopic (exact) mass is 400 g/mol. The molecule has 1 aromatic carbocycles. The van der Waals surface area contributed by atoms with Crippen LogP contribution in [0.4, 0.5) is 0 Å². The van der Waals surface area contributed by atoms with E-state index >= 15 is 0 Å². The van der Waals surface area contributed by atoms with Gasteiger partial charge in [0.1, 0.15) is 0 Å². The molecule has 0 bridgehead atoms. The molecule has 0 aliphatic rings. The number of esters is 1. The maximum absolute atomic E-state index is 12.3. The van der Waals surface area contributed by atoms with Crippen LogP contribution in [-0.2, 0) is 16.0 Å². The third-order valence-electron chi connectivity index (χ3n) is 4.00. The van der Waals surface area contributed by atoms with Crippen LogP contribution >= 0.6 is 0 Å². The van der Waals surface area contributed by atoms with Crippen molar-refractivity contribution in [2.24, 2.45) is 0 Å². The maximum atomic E-state index is 12.3. The highest BCUT2D eigenvalue weighted by molar-refractivity contribution is 5.94. The number of benzene rings is 1. The molecular formula is C21H24N2O6. The predicted molar refractivity (Wildman–Crippen MR) is 106 cm³/mol. The van der Waals surface area contributed by atoms with Crippen LogP contribution in [0.25, 0.3) is 6.08 Å². The fourth-order valence-corrected chi connectivity index (χ4v) is 2.63. The summed E-state index contributed by atoms with van der Waals surface area (Å²) in [5, 5.41) is 0. The van der Waals surface area contributed by atoms with Gasteiger partial charge in [-0.3, -0.25) is 9.78 Å². The average Bonchev–Trinajstić information content (AvgIpc) is 2.75. The smallest absolute Gasteiger partial charge is 0.358 e. The van der Waals surface area contributed by atoms with Gasteiger partial charge in [0.2, 0.25) is 5.75 Å². The lowest BCUT2D eigenvalue weighted by Gasteiger charge is -2.12. The highest BCUT2D eigenvalue weighted by Crippen LogP contribution is 2.38. The molecule has 1 heterocycles. The molecule has 0 aliphatic carbocycles. The van der Waals surface area contributed by atoms with Crippen molar-refractivity contribution in [3.8, 4) is 17.2 Å². The Bertz CT molecular complexity index is 869. The van der Waals surface area contributed by atoms with E-state index in [0.717, 1.165) is 5.56 Å². The molecule has 0 unspecified atom stereocenters. The zero-order valence-electron chi connectivity index (χ0n) is 16.9. The average molecular weight is 400 g/mol. The van der Waals surface area contributed by atoms with Crippen LogP contribution in [0.3, 0.4) is 0 Å². The summed E-state index contributed by atoms with van der Waals surface area (Å²) in [6, 6.07) is 3.49. The number of ether oxygens (including phenoxy) is 4. The van der Waals surface area contributed by atoms with Gasteiger partial charge in [-0.05, 0) is 37.1 Å². The van der Waals surface area contributed by atoms with E-state index in [1.165, 1.54) is 39.8 Å². The fourth-order valence-electron chi connectivity index (χ4n) is 2.63. The normalized spacial score (nSPS) is 10.6. The maximum Gasteiger partial charge on any atom is 0.358 e. The number of carbonyl (C=O) groups is 2. The Labute approximate surface area is 169 Å². The quantitative estimate of drug-likeness (QED) is 0.444. The van der Waals surface area contributed by atoms with Crippen LogP contribution in [0.1, 0.15) is 35.1 Å². The van der Waals surface area contributed by atoms with Crippen molar-refractivity contribution < 1.29 is 28.5 Å². The molecule has 0 saturated carbocycles. The number of allylic oxidation sites excluding steroid dienone is 1. The topological polar surface area (TPSA) is 96.8 Å². The third kappa shape index (κ3) is 5.78. The van der Waals surface area contributed by atoms with Crippen molar-refractivity contribution in [2.75, 3.05) is 27.9 Å². The minimum Gasteiger partial charge on any atom is -0.493 e. The number of hydrogen-bond acceptors (Lipinski definition) is 8. The standard InChI is InChI=1S/C21H24N2O6/c1-5-29-21(25)19-16(22-10-11-23-19)9-8-15(24)7-6-14-12-17(26-2)20(28-4)18(13-14)27-3/h6-7,10-13H,5,8-9H2,1-4H3. The summed E-state index contributed by atoms with van der Waals surface area (Å²) >= 11 is 0. The summed E-state index contributed by atoms with van der Waals surface area (Å²) in [4.78, 5) is 32.4. The van der Waals surface area contributed by atoms with E-state index in [-0.39, 0.29) is 30.9 Å². The summed E-state index contributed by atoms with van der Waals surface area (Å²) in [5.41, 5.74) is 1.29. The van der Waals surface area contributed by atoms with Crippen LogP contribution in [0.2, 0.25) is 0 Å². The Hall–Kier alpha value is -3.42. The van der Waals surface area contributed by atoms with Gasteiger partial charge in [-0.2, -0.15) is 0 Å². The lowest BCUT2D eigenvalue weighted by atomic mass is 10.1. The molecule has 0 amide bonds. The largest absolute Gasteiger partial charge is 0.493 e. The number of methoxy groups -OCH3 is 3. The minimum atomic E-state index is -0.545. The van der Waals surface area contributed by atoms with Gasteiger partial charge in [0.15, 0.2) is 23.0 Å². The van der Waals surface area contributed by atoms with Crippen LogP contribution in [0.5, 0.6) is 17.2 Å². The predicted octanol–water partition coefficient (Wildman–Crippen LogP) is 2.89. The Morgan fingerprint density at radius 3 is 2.24 bits per heavy atom. The zero-order chi connectivity index (χ0) is 21.2. The molecule has 154 valence electrons. The molecule has 0 N–H and O–H groups in total. The van der Waals surface area contributed by atoms with Crippen LogP contribution in [0.15, 0.2) is 30.6 Å². The Kier molecular flexibility index (Phi) is 8.14. The second-order valence-electron chi connectivity index (χ2n) is 5.83. The molecule has 0 aliphatic heterocycles. The van der Waals surface area contributed by atoms with Gasteiger partial charge >= 0.3 is 5.97 Å². The minimum absolute atomic E-state index is 0.126. The van der Waals surface area contributed by atoms with Crippen molar-refractivity contribution in [3.05, 3.63) is 47.6 Å². The zero-order valence-corrected chi connectivity index (χ0v) is 16.9. The molecule has 0 fully saturated rings. The number of hydrogen-bond donors (Lipinski definition) is 0. The molecule has 0 radical (unpaired) electrons. The van der Waals surface area contributed by atoms with E-state index in [1.807, 2.05) is 0 Å². The molecular weight excluding hydrogens is 376 g/mol. The van der Waals surface area contributed by atoms with E-state index < -0.39 is 5.97 Å². The molecule has 8 heteroatoms. The lowest BCUT2D eigenvalue weighted by molar-refractivity contribution is -0.114. The Morgan fingerprint density at radius 2 is 1.66 bits per heavy atom. The van der Waals surface area contributed by atoms with Crippen molar-refractivity contribution in [1.29, 1.82) is 0 Å². The number of aromatic nitrogens is 2. The van der Waals surface area contributed by atoms with Gasteiger partial charge in [-0.1, -0.05) is 6.08 Å². The molecule has 2 rings (SSSR count). The molecule has 8 nitrogen and oxygen atoms in total. The van der Waals surface area contributed by atoms with E-state index in [4.69, 9.17) is 18.9 Å². The van der Waals surface area contributed by atoms with Gasteiger partial charge in [0, 0.05) is 18.8 Å². The van der Waals surface area contributed by atoms with E-state index in [0.29, 0.717) is 22.9 Å². The first-order valence-corrected chi connectivity index (χ1v) is 9.01. The number of nitrogens with zero attached hydrogens (tertiary/aromatic N) is 2. The van der Waals surface area contributed by atoms with Crippen molar-refractivity contribution >= 4 is 17.8 Å². The van der Waals surface area contributed by atoms with Crippen molar-refractivity contribution in [3.63, 3.8) is 0 Å². The van der Waals surface area contributed by atoms with Crippen LogP contribution < -0.4 is 14.2 Å². The van der Waals surface area contributed by atoms with E-state index in [9.17, 15) is 9.59 Å². The van der Waals surface area contributed by atoms with Crippen LogP contribution in [-0.4, -0.2) is 49.7 Å². The lowest BCUT2D eigenvalue weighted by Crippen LogP contribution is -2.12. The summed E-state index contributed by atoms with van der Waals surface area (Å²) < 4.78 is 20.9. The number of ketones is 1. The van der Waals surface area contributed by atoms with Gasteiger partial charge in [-0.25, -0.2) is 9.78 Å². The molecule has 0 saturated heterocycles. The van der Waals surface area contributed by atoms with E-state index in [1.54, 1.807) is 25.1 Å². The molecule has 1 aromatic heterocycles. The second-order valence-corrected chi connectivity index (χ2v) is 5.83. The highest BCUT2D eigenvalue weighted by Gasteiger charge is 2.16.